The lowest BCUT2D eigenvalue weighted by atomic mass is 10.1. The monoisotopic (exact) mass is 328 g/mol. The number of nitrogens with two attached hydrogens (primary N) is 1. The molecule has 0 radical (unpaired) electrons. The number of esters is 1. The Labute approximate surface area is 129 Å². The fourth-order valence-corrected chi connectivity index (χ4v) is 2.68. The number of benzene rings is 1. The molecule has 7 nitrogen and oxygen atoms in total. The van der Waals surface area contributed by atoms with Crippen LogP contribution in [0.1, 0.15) is 24.5 Å². The Morgan fingerprint density at radius 3 is 2.45 bits per heavy atom. The maximum atomic E-state index is 12.1. The van der Waals surface area contributed by atoms with E-state index in [0.29, 0.717) is 0 Å². The molecule has 0 aliphatic carbocycles. The van der Waals surface area contributed by atoms with Crippen LogP contribution in [0.4, 0.5) is 0 Å². The summed E-state index contributed by atoms with van der Waals surface area (Å²) in [6, 6.07) is 4.77. The lowest BCUT2D eigenvalue weighted by molar-refractivity contribution is -0.153. The third-order valence-electron chi connectivity index (χ3n) is 3.12. The molecule has 0 saturated heterocycles. The van der Waals surface area contributed by atoms with Gasteiger partial charge in [0.15, 0.2) is 6.10 Å². The molecule has 0 unspecified atom stereocenters. The number of rotatable bonds is 7. The summed E-state index contributed by atoms with van der Waals surface area (Å²) in [4.78, 5) is 22.3. The Hall–Kier alpha value is -1.93. The van der Waals surface area contributed by atoms with Gasteiger partial charge in [0.05, 0.1) is 11.3 Å². The first-order chi connectivity index (χ1) is 10.1. The maximum absolute atomic E-state index is 12.1. The molecule has 0 spiro atoms. The van der Waals surface area contributed by atoms with Crippen LogP contribution >= 0.6 is 0 Å². The zero-order valence-corrected chi connectivity index (χ0v) is 13.6. The summed E-state index contributed by atoms with van der Waals surface area (Å²) in [5, 5.41) is 0. The second-order valence-corrected chi connectivity index (χ2v) is 6.70. The van der Waals surface area contributed by atoms with Gasteiger partial charge in [-0.2, -0.15) is 0 Å². The van der Waals surface area contributed by atoms with Crippen LogP contribution in [0.5, 0.6) is 0 Å². The first-order valence-corrected chi connectivity index (χ1v) is 8.17. The average Bonchev–Trinajstić information content (AvgIpc) is 2.41. The van der Waals surface area contributed by atoms with E-state index in [0.717, 1.165) is 11.1 Å². The van der Waals surface area contributed by atoms with E-state index < -0.39 is 28.0 Å². The number of carbonyl (C=O) groups excluding carboxylic acids is 2. The summed E-state index contributed by atoms with van der Waals surface area (Å²) < 4.78 is 31.2. The molecule has 0 saturated carbocycles. The van der Waals surface area contributed by atoms with Crippen LogP contribution in [0, 0.1) is 13.8 Å². The Kier molecular flexibility index (Phi) is 6.07. The Morgan fingerprint density at radius 1 is 1.27 bits per heavy atom. The summed E-state index contributed by atoms with van der Waals surface area (Å²) >= 11 is 0. The molecule has 1 aromatic rings. The van der Waals surface area contributed by atoms with Gasteiger partial charge in [0.1, 0.15) is 0 Å². The molecule has 22 heavy (non-hydrogen) atoms. The van der Waals surface area contributed by atoms with E-state index in [-0.39, 0.29) is 17.9 Å². The molecule has 0 heterocycles. The number of carbonyl (C=O) groups is 2. The van der Waals surface area contributed by atoms with Gasteiger partial charge in [-0.05, 0) is 44.0 Å². The summed E-state index contributed by atoms with van der Waals surface area (Å²) in [6.45, 7) is 4.92. The van der Waals surface area contributed by atoms with Crippen molar-refractivity contribution in [3.8, 4) is 0 Å². The third-order valence-corrected chi connectivity index (χ3v) is 4.58. The number of aryl methyl sites for hydroxylation is 2. The number of hydrogen-bond acceptors (Lipinski definition) is 5. The van der Waals surface area contributed by atoms with Crippen LogP contribution in [-0.4, -0.2) is 32.9 Å². The van der Waals surface area contributed by atoms with Gasteiger partial charge in [-0.15, -0.1) is 0 Å². The van der Waals surface area contributed by atoms with Crippen molar-refractivity contribution in [1.29, 1.82) is 0 Å². The largest absolute Gasteiger partial charge is 0.453 e. The quantitative estimate of drug-likeness (QED) is 0.702. The van der Waals surface area contributed by atoms with E-state index in [1.807, 2.05) is 13.8 Å². The minimum absolute atomic E-state index is 0.125. The van der Waals surface area contributed by atoms with Crippen molar-refractivity contribution in [2.75, 3.05) is 6.54 Å². The highest BCUT2D eigenvalue weighted by atomic mass is 32.2. The number of ether oxygens (including phenoxy) is 1. The summed E-state index contributed by atoms with van der Waals surface area (Å²) in [5.41, 5.74) is 6.80. The van der Waals surface area contributed by atoms with Crippen LogP contribution in [0.25, 0.3) is 0 Å². The zero-order valence-electron chi connectivity index (χ0n) is 12.8. The fraction of sp³-hybridized carbons (Fsp3) is 0.429. The summed E-state index contributed by atoms with van der Waals surface area (Å²) in [5.74, 6) is -1.46. The first kappa shape index (κ1) is 18.1. The summed E-state index contributed by atoms with van der Waals surface area (Å²) in [6.07, 6.45) is -1.23. The van der Waals surface area contributed by atoms with E-state index in [9.17, 15) is 18.0 Å². The molecule has 0 aliphatic rings. The normalized spacial score (nSPS) is 12.7. The minimum Gasteiger partial charge on any atom is -0.453 e. The third kappa shape index (κ3) is 5.12. The highest BCUT2D eigenvalue weighted by Gasteiger charge is 2.17. The highest BCUT2D eigenvalue weighted by Crippen LogP contribution is 2.14. The number of nitrogens with one attached hydrogen (secondary N) is 1. The van der Waals surface area contributed by atoms with E-state index >= 15 is 0 Å². The molecule has 1 atom stereocenters. The molecule has 122 valence electrons. The van der Waals surface area contributed by atoms with Gasteiger partial charge in [0.2, 0.25) is 10.0 Å². The summed E-state index contributed by atoms with van der Waals surface area (Å²) in [7, 11) is -3.69. The van der Waals surface area contributed by atoms with Gasteiger partial charge in [0, 0.05) is 6.54 Å². The van der Waals surface area contributed by atoms with Crippen molar-refractivity contribution in [2.24, 2.45) is 5.73 Å². The standard InChI is InChI=1S/C14H20N2O5S/c1-9-4-5-12(8-10(9)2)22(19,20)16-7-6-13(17)21-11(3)14(15)18/h4-5,8,11,16H,6-7H2,1-3H3,(H2,15,18)/t11-/m1/s1. The van der Waals surface area contributed by atoms with Crippen molar-refractivity contribution >= 4 is 21.9 Å². The number of sulfonamides is 1. The van der Waals surface area contributed by atoms with Crippen molar-refractivity contribution < 1.29 is 22.7 Å². The number of hydrogen-bond donors (Lipinski definition) is 2. The number of primary amides is 1. The van der Waals surface area contributed by atoms with Gasteiger partial charge < -0.3 is 10.5 Å². The predicted octanol–water partition coefficient (Wildman–Crippen LogP) is 0.389. The highest BCUT2D eigenvalue weighted by molar-refractivity contribution is 7.89. The molecule has 3 N–H and O–H groups in total. The second-order valence-electron chi connectivity index (χ2n) is 4.93. The van der Waals surface area contributed by atoms with Crippen LogP contribution in [0.15, 0.2) is 23.1 Å². The Bertz CT molecular complexity index is 670. The van der Waals surface area contributed by atoms with Crippen LogP contribution < -0.4 is 10.5 Å². The molecule has 0 bridgehead atoms. The van der Waals surface area contributed by atoms with Gasteiger partial charge in [-0.3, -0.25) is 9.59 Å². The van der Waals surface area contributed by atoms with Gasteiger partial charge in [0.25, 0.3) is 5.91 Å². The zero-order chi connectivity index (χ0) is 16.9. The Morgan fingerprint density at radius 2 is 1.91 bits per heavy atom. The van der Waals surface area contributed by atoms with Crippen molar-refractivity contribution in [3.63, 3.8) is 0 Å². The molecule has 0 aliphatic heterocycles. The molecular weight excluding hydrogens is 308 g/mol. The molecule has 1 amide bonds. The SMILES string of the molecule is Cc1ccc(S(=O)(=O)NCCC(=O)O[C@H](C)C(N)=O)cc1C. The van der Waals surface area contributed by atoms with E-state index in [1.165, 1.54) is 13.0 Å². The lowest BCUT2D eigenvalue weighted by Gasteiger charge is -2.11. The van der Waals surface area contributed by atoms with Crippen molar-refractivity contribution in [3.05, 3.63) is 29.3 Å². The molecule has 8 heteroatoms. The number of amides is 1. The van der Waals surface area contributed by atoms with Crippen LogP contribution in [0.3, 0.4) is 0 Å². The Balaban J connectivity index is 2.58. The van der Waals surface area contributed by atoms with Crippen molar-refractivity contribution in [2.45, 2.75) is 38.2 Å². The van der Waals surface area contributed by atoms with E-state index in [2.05, 4.69) is 4.72 Å². The fourth-order valence-electron chi connectivity index (χ4n) is 1.57. The topological polar surface area (TPSA) is 116 Å². The van der Waals surface area contributed by atoms with Gasteiger partial charge in [-0.25, -0.2) is 13.1 Å². The lowest BCUT2D eigenvalue weighted by Crippen LogP contribution is -2.32. The molecular formula is C14H20N2O5S. The molecule has 1 rings (SSSR count). The first-order valence-electron chi connectivity index (χ1n) is 6.69. The molecule has 0 fully saturated rings. The molecule has 0 aromatic heterocycles. The minimum atomic E-state index is -3.69. The smallest absolute Gasteiger partial charge is 0.307 e. The second kappa shape index (κ2) is 7.37. The van der Waals surface area contributed by atoms with Crippen LogP contribution in [-0.2, 0) is 24.3 Å². The van der Waals surface area contributed by atoms with E-state index in [1.54, 1.807) is 12.1 Å². The van der Waals surface area contributed by atoms with Gasteiger partial charge >= 0.3 is 5.97 Å². The molecule has 1 aromatic carbocycles. The van der Waals surface area contributed by atoms with E-state index in [4.69, 9.17) is 10.5 Å². The average molecular weight is 328 g/mol. The van der Waals surface area contributed by atoms with Crippen LogP contribution in [0.2, 0.25) is 0 Å². The van der Waals surface area contributed by atoms with Crippen molar-refractivity contribution in [1.82, 2.24) is 4.72 Å². The van der Waals surface area contributed by atoms with Gasteiger partial charge in [-0.1, -0.05) is 6.07 Å². The predicted molar refractivity (Wildman–Crippen MR) is 80.5 cm³/mol. The maximum Gasteiger partial charge on any atom is 0.307 e.